The Morgan fingerprint density at radius 1 is 1.12 bits per heavy atom. The van der Waals surface area contributed by atoms with Crippen LogP contribution in [0.1, 0.15) is 11.1 Å². The van der Waals surface area contributed by atoms with Gasteiger partial charge in [-0.15, -0.1) is 0 Å². The summed E-state index contributed by atoms with van der Waals surface area (Å²) < 4.78 is 0. The van der Waals surface area contributed by atoms with Crippen molar-refractivity contribution in [3.63, 3.8) is 0 Å². The zero-order valence-electron chi connectivity index (χ0n) is 15.0. The van der Waals surface area contributed by atoms with Crippen LogP contribution in [0.2, 0.25) is 0 Å². The molecule has 0 saturated heterocycles. The molecular weight excluding hydrogens is 298 g/mol. The lowest BCUT2D eigenvalue weighted by Gasteiger charge is -2.21. The molecule has 0 bridgehead atoms. The quantitative estimate of drug-likeness (QED) is 0.811. The first-order valence-corrected chi connectivity index (χ1v) is 8.23. The van der Waals surface area contributed by atoms with E-state index in [2.05, 4.69) is 54.3 Å². The van der Waals surface area contributed by atoms with E-state index in [1.165, 1.54) is 10.5 Å². The minimum Gasteiger partial charge on any atom is -0.376 e. The Kier molecular flexibility index (Phi) is 6.16. The molecule has 0 atom stereocenters. The standard InChI is InChI=1S/C19H25N5/c1-22(2)12-13-24(15-16-8-6-5-7-9-16)19-17(14-20)18(23(3)4)10-11-21-19/h5-11H,12-13,15H2,1-4H3/p+2. The summed E-state index contributed by atoms with van der Waals surface area (Å²) >= 11 is 0. The molecule has 126 valence electrons. The van der Waals surface area contributed by atoms with Crippen LogP contribution in [0.4, 0.5) is 11.5 Å². The van der Waals surface area contributed by atoms with Crippen molar-refractivity contribution in [3.8, 4) is 6.07 Å². The maximum absolute atomic E-state index is 9.71. The van der Waals surface area contributed by atoms with E-state index in [0.717, 1.165) is 31.1 Å². The minimum absolute atomic E-state index is 0.687. The number of nitrogens with zero attached hydrogens (tertiary/aromatic N) is 3. The van der Waals surface area contributed by atoms with Gasteiger partial charge in [-0.2, -0.15) is 5.26 Å². The van der Waals surface area contributed by atoms with Crippen molar-refractivity contribution in [2.24, 2.45) is 0 Å². The molecular formula is C19H27N5+2. The number of aromatic nitrogens is 1. The van der Waals surface area contributed by atoms with E-state index in [0.29, 0.717) is 5.56 Å². The van der Waals surface area contributed by atoms with Gasteiger partial charge in [0.05, 0.1) is 26.0 Å². The number of pyridine rings is 1. The van der Waals surface area contributed by atoms with Crippen molar-refractivity contribution in [2.75, 3.05) is 51.1 Å². The number of H-pyrrole nitrogens is 1. The highest BCUT2D eigenvalue weighted by Gasteiger charge is 2.24. The average molecular weight is 325 g/mol. The van der Waals surface area contributed by atoms with Crippen molar-refractivity contribution in [2.45, 2.75) is 6.54 Å². The lowest BCUT2D eigenvalue weighted by molar-refractivity contribution is -0.856. The maximum Gasteiger partial charge on any atom is 0.295 e. The number of hydrogen-bond acceptors (Lipinski definition) is 3. The van der Waals surface area contributed by atoms with Crippen LogP contribution in [0, 0.1) is 11.3 Å². The SMILES string of the molecule is CN(C)c1cc[nH+]c(N(CC[NH+](C)C)Cc2ccccc2)c1C#N. The van der Waals surface area contributed by atoms with E-state index in [-0.39, 0.29) is 0 Å². The second kappa shape index (κ2) is 8.32. The highest BCUT2D eigenvalue weighted by Crippen LogP contribution is 2.24. The summed E-state index contributed by atoms with van der Waals surface area (Å²) in [6.45, 7) is 2.65. The predicted octanol–water partition coefficient (Wildman–Crippen LogP) is 0.589. The van der Waals surface area contributed by atoms with Gasteiger partial charge in [-0.3, -0.25) is 4.90 Å². The fourth-order valence-corrected chi connectivity index (χ4v) is 2.64. The molecule has 1 aromatic carbocycles. The lowest BCUT2D eigenvalue weighted by Crippen LogP contribution is -3.06. The van der Waals surface area contributed by atoms with Gasteiger partial charge in [0.2, 0.25) is 0 Å². The van der Waals surface area contributed by atoms with Crippen LogP contribution >= 0.6 is 0 Å². The molecule has 2 rings (SSSR count). The molecule has 0 unspecified atom stereocenters. The molecule has 5 nitrogen and oxygen atoms in total. The molecule has 24 heavy (non-hydrogen) atoms. The number of benzene rings is 1. The van der Waals surface area contributed by atoms with Crippen LogP contribution in [-0.4, -0.2) is 41.3 Å². The summed E-state index contributed by atoms with van der Waals surface area (Å²) in [6.07, 6.45) is 1.91. The first-order chi connectivity index (χ1) is 11.5. The van der Waals surface area contributed by atoms with Gasteiger partial charge in [0.25, 0.3) is 5.82 Å². The molecule has 0 fully saturated rings. The molecule has 2 aromatic rings. The number of aromatic amines is 1. The van der Waals surface area contributed by atoms with E-state index < -0.39 is 0 Å². The van der Waals surface area contributed by atoms with E-state index in [4.69, 9.17) is 0 Å². The second-order valence-corrected chi connectivity index (χ2v) is 6.46. The van der Waals surface area contributed by atoms with E-state index in [1.807, 2.05) is 37.3 Å². The highest BCUT2D eigenvalue weighted by atomic mass is 15.2. The van der Waals surface area contributed by atoms with Crippen LogP contribution in [0.5, 0.6) is 0 Å². The summed E-state index contributed by atoms with van der Waals surface area (Å²) in [4.78, 5) is 8.92. The van der Waals surface area contributed by atoms with E-state index in [9.17, 15) is 5.26 Å². The van der Waals surface area contributed by atoms with E-state index in [1.54, 1.807) is 0 Å². The van der Waals surface area contributed by atoms with Gasteiger partial charge in [-0.1, -0.05) is 30.3 Å². The Bertz CT molecular complexity index is 689. The van der Waals surface area contributed by atoms with Crippen LogP contribution in [0.25, 0.3) is 0 Å². The Labute approximate surface area is 144 Å². The Morgan fingerprint density at radius 2 is 1.83 bits per heavy atom. The zero-order valence-corrected chi connectivity index (χ0v) is 15.0. The van der Waals surface area contributed by atoms with Gasteiger partial charge in [-0.05, 0) is 5.56 Å². The summed E-state index contributed by atoms with van der Waals surface area (Å²) in [7, 11) is 8.22. The Balaban J connectivity index is 2.39. The Morgan fingerprint density at radius 3 is 2.42 bits per heavy atom. The van der Waals surface area contributed by atoms with Gasteiger partial charge in [-0.25, -0.2) is 4.98 Å². The molecule has 0 spiro atoms. The summed E-state index contributed by atoms with van der Waals surface area (Å²) in [5, 5.41) is 9.71. The van der Waals surface area contributed by atoms with Crippen LogP contribution in [0.15, 0.2) is 42.6 Å². The third kappa shape index (κ3) is 4.46. The third-order valence-electron chi connectivity index (χ3n) is 3.96. The number of likely N-dealkylation sites (N-methyl/N-ethyl adjacent to an activating group) is 1. The fourth-order valence-electron chi connectivity index (χ4n) is 2.64. The van der Waals surface area contributed by atoms with Crippen molar-refractivity contribution in [1.82, 2.24) is 0 Å². The van der Waals surface area contributed by atoms with Gasteiger partial charge in [0.1, 0.15) is 25.7 Å². The maximum atomic E-state index is 9.71. The summed E-state index contributed by atoms with van der Waals surface area (Å²) in [5.41, 5.74) is 2.85. The third-order valence-corrected chi connectivity index (χ3v) is 3.96. The largest absolute Gasteiger partial charge is 0.376 e. The molecule has 2 N–H and O–H groups in total. The molecule has 0 saturated carbocycles. The Hall–Kier alpha value is -2.58. The summed E-state index contributed by atoms with van der Waals surface area (Å²) in [6, 6.07) is 14.7. The predicted molar refractivity (Wildman–Crippen MR) is 97.2 cm³/mol. The number of hydrogen-bond donors (Lipinski definition) is 1. The molecule has 0 aliphatic rings. The molecule has 0 radical (unpaired) electrons. The first-order valence-electron chi connectivity index (χ1n) is 8.23. The molecule has 0 aliphatic heterocycles. The number of quaternary nitrogens is 1. The van der Waals surface area contributed by atoms with Gasteiger partial charge >= 0.3 is 0 Å². The zero-order chi connectivity index (χ0) is 17.5. The first kappa shape index (κ1) is 17.8. The number of nitrogens with one attached hydrogen (secondary N) is 2. The number of nitriles is 1. The van der Waals surface area contributed by atoms with Crippen LogP contribution < -0.4 is 19.7 Å². The van der Waals surface area contributed by atoms with Gasteiger partial charge < -0.3 is 9.80 Å². The van der Waals surface area contributed by atoms with Crippen molar-refractivity contribution < 1.29 is 9.88 Å². The second-order valence-electron chi connectivity index (χ2n) is 6.46. The molecule has 0 amide bonds. The van der Waals surface area contributed by atoms with Gasteiger partial charge in [0.15, 0.2) is 5.56 Å². The highest BCUT2D eigenvalue weighted by molar-refractivity contribution is 5.66. The van der Waals surface area contributed by atoms with Gasteiger partial charge in [0, 0.05) is 20.2 Å². The average Bonchev–Trinajstić information content (AvgIpc) is 2.58. The minimum atomic E-state index is 0.687. The fraction of sp³-hybridized carbons (Fsp3) is 0.368. The molecule has 1 heterocycles. The number of anilines is 2. The monoisotopic (exact) mass is 325 g/mol. The van der Waals surface area contributed by atoms with Crippen molar-refractivity contribution in [3.05, 3.63) is 53.7 Å². The number of rotatable bonds is 7. The topological polar surface area (TPSA) is 48.9 Å². The van der Waals surface area contributed by atoms with Crippen molar-refractivity contribution >= 4 is 11.5 Å². The lowest BCUT2D eigenvalue weighted by atomic mass is 10.1. The smallest absolute Gasteiger partial charge is 0.295 e. The summed E-state index contributed by atoms with van der Waals surface area (Å²) in [5.74, 6) is 0.883. The molecule has 1 aromatic heterocycles. The molecule has 0 aliphatic carbocycles. The molecule has 5 heteroatoms. The normalized spacial score (nSPS) is 10.5. The van der Waals surface area contributed by atoms with Crippen LogP contribution in [0.3, 0.4) is 0 Å². The van der Waals surface area contributed by atoms with Crippen LogP contribution in [-0.2, 0) is 6.54 Å². The van der Waals surface area contributed by atoms with Crippen molar-refractivity contribution in [1.29, 1.82) is 5.26 Å². The van der Waals surface area contributed by atoms with E-state index >= 15 is 0 Å².